The molecule has 0 radical (unpaired) electrons. The van der Waals surface area contributed by atoms with Crippen LogP contribution in [0, 0.1) is 239 Å². The highest BCUT2D eigenvalue weighted by Crippen LogP contribution is 2.72. The molecule has 14 aliphatic carbocycles. The molecule has 0 spiro atoms. The van der Waals surface area contributed by atoms with Gasteiger partial charge in [0.1, 0.15) is 17.8 Å². The lowest BCUT2D eigenvalue weighted by Crippen LogP contribution is -2.45. The molecule has 14 bridgehead atoms. The average Bonchev–Trinajstić information content (AvgIpc) is 1.52. The van der Waals surface area contributed by atoms with Crippen LogP contribution in [0.1, 0.15) is 244 Å². The van der Waals surface area contributed by atoms with Gasteiger partial charge in [0.25, 0.3) is 0 Å². The smallest absolute Gasteiger partial charge is 0.309 e. The molecule has 0 aromatic rings. The fourth-order valence-corrected chi connectivity index (χ4v) is 33.1. The molecule has 0 N–H and O–H groups in total. The molecule has 21 fully saturated rings. The quantitative estimate of drug-likeness (QED) is 0.190. The van der Waals surface area contributed by atoms with Crippen LogP contribution in [0.5, 0.6) is 0 Å². The van der Waals surface area contributed by atoms with Crippen LogP contribution < -0.4 is 0 Å². The first-order valence-electron chi connectivity index (χ1n) is 44.8. The predicted molar refractivity (Wildman–Crippen MR) is 421 cm³/mol. The van der Waals surface area contributed by atoms with Gasteiger partial charge in [-0.05, 0) is 216 Å². The molecule has 0 aromatic carbocycles. The molecule has 38 atom stereocenters. The number of carbonyl (C=O) groups excluding carboxylic acids is 7. The van der Waals surface area contributed by atoms with Gasteiger partial charge >= 0.3 is 41.8 Å². The number of esters is 7. The van der Waals surface area contributed by atoms with Gasteiger partial charge in [-0.15, -0.1) is 0 Å². The van der Waals surface area contributed by atoms with Crippen molar-refractivity contribution in [3.05, 3.63) is 0 Å². The summed E-state index contributed by atoms with van der Waals surface area (Å²) in [6, 6.07) is 0. The predicted octanol–water partition coefficient (Wildman–Crippen LogP) is 17.5. The highest BCUT2D eigenvalue weighted by molar-refractivity contribution is 5.80. The summed E-state index contributed by atoms with van der Waals surface area (Å²) in [6.45, 7) is 63.0. The molecule has 0 amide bonds. The molecular formula is C95H148O16. The Hall–Kier alpha value is -3.79. The standard InChI is InChI=1S/C15H24O3.C14H22O3.2C14H22O2.2C13H20O2.C12H18O2/c1-5-17-13-9-6-8(12(13)15(2,3)4)10-7-18-14(16)11(9)10;1-14(2,3)11-7-5-8(12(11)16-4)10-9(7)6-17-13(10)15;1-13(2,3)10-8-6-7-9(14(8,4)5)11(10)16-12(7)15;1-7-8-5-9(12(7)14(2,3)4)10-6-16-13(15)11(8)10;1-12(2,3)10-7-5-8-9(6-7)13(10,4)15-11(8)14;1-13(2,3)10-5-7-4-8(10)11-9(7)6-15-12(11)14;1-12(2,3)9-6-4-7-8(5-6)11(13)14-10(7)9/h8-13H,5-7H2,1-4H3;7-12H,5-6H2,1-4H3;7-11H,6H2,1-5H3;7-12H,5-6H2,1-4H3;7-10H,5-6H2,1-4H3;7-11H,4-6H2,1-3H3;6-10H,4-5H2,1-3H3. The number of hydrogen-bond donors (Lipinski definition) is 0. The van der Waals surface area contributed by atoms with Crippen molar-refractivity contribution in [3.63, 3.8) is 0 Å². The minimum Gasteiger partial charge on any atom is -0.465 e. The first-order chi connectivity index (χ1) is 51.4. The molecule has 7 heterocycles. The molecule has 111 heavy (non-hydrogen) atoms. The summed E-state index contributed by atoms with van der Waals surface area (Å²) in [4.78, 5) is 82.2. The number of fused-ring (bicyclic) bond motifs is 23. The molecule has 0 aromatic heterocycles. The molecule has 14 saturated carbocycles. The number of carbonyl (C=O) groups is 7. The first-order valence-corrected chi connectivity index (χ1v) is 44.8. The normalized spacial score (nSPS) is 49.1. The summed E-state index contributed by atoms with van der Waals surface area (Å²) in [5, 5.41) is 0. The van der Waals surface area contributed by atoms with Crippen LogP contribution in [0.15, 0.2) is 0 Å². The lowest BCUT2D eigenvalue weighted by atomic mass is 9.61. The van der Waals surface area contributed by atoms with Crippen molar-refractivity contribution in [2.75, 3.05) is 40.1 Å². The van der Waals surface area contributed by atoms with Crippen LogP contribution in [0.2, 0.25) is 0 Å². The fourth-order valence-electron chi connectivity index (χ4n) is 33.1. The van der Waals surface area contributed by atoms with Crippen LogP contribution in [0.4, 0.5) is 0 Å². The Labute approximate surface area is 667 Å². The number of ether oxygens (including phenoxy) is 9. The van der Waals surface area contributed by atoms with Crippen molar-refractivity contribution in [3.8, 4) is 0 Å². The molecule has 16 nitrogen and oxygen atoms in total. The Balaban J connectivity index is 0.000000103. The van der Waals surface area contributed by atoms with E-state index in [0.717, 1.165) is 74.2 Å². The minimum atomic E-state index is -0.150. The van der Waals surface area contributed by atoms with Crippen molar-refractivity contribution in [1.29, 1.82) is 0 Å². The van der Waals surface area contributed by atoms with Crippen molar-refractivity contribution < 1.29 is 76.2 Å². The number of rotatable bonds is 3. The molecule has 7 saturated heterocycles. The minimum absolute atomic E-state index is 0.0249. The van der Waals surface area contributed by atoms with Gasteiger partial charge in [-0.25, -0.2) is 0 Å². The van der Waals surface area contributed by atoms with E-state index < -0.39 is 0 Å². The van der Waals surface area contributed by atoms with Gasteiger partial charge in [0.2, 0.25) is 0 Å². The maximum absolute atomic E-state index is 11.9. The molecule has 38 unspecified atom stereocenters. The number of cyclic esters (lactones) is 4. The second-order valence-electron chi connectivity index (χ2n) is 48.8. The summed E-state index contributed by atoms with van der Waals surface area (Å²) in [7, 11) is 1.79. The van der Waals surface area contributed by atoms with E-state index in [1.54, 1.807) is 7.11 Å². The van der Waals surface area contributed by atoms with Gasteiger partial charge < -0.3 is 42.6 Å². The van der Waals surface area contributed by atoms with Gasteiger partial charge in [-0.2, -0.15) is 0 Å². The van der Waals surface area contributed by atoms with Crippen molar-refractivity contribution in [2.45, 2.75) is 274 Å². The SMILES string of the molecule is CC(C)(C)C1C2CC3C(=O)OC1(C)C3C2.CC(C)(C)C1C2CC3C(=O)OC1C3C2.CC(C)(C)C1C2OC(=O)C3CC1C(C)(C)C32.CC(C)(C)C1CC2CC1C1C(=O)OCC21.CC1C2CC(C3COC(=O)C23)C1C(C)(C)C.CCOC1C2CC(C3COC(=O)C32)C1C(C)(C)C.COC1C2CC(C3COC(=O)C32)C1C(C)(C)C. The Bertz CT molecular complexity index is 3590. The fraction of sp³-hybridized carbons (Fsp3) is 0.926. The number of methoxy groups -OCH3 is 1. The van der Waals surface area contributed by atoms with Crippen LogP contribution in [-0.2, 0) is 76.2 Å². The van der Waals surface area contributed by atoms with E-state index in [9.17, 15) is 33.6 Å². The molecule has 7 aliphatic heterocycles. The number of hydrogen-bond acceptors (Lipinski definition) is 16. The summed E-state index contributed by atoms with van der Waals surface area (Å²) < 4.78 is 49.7. The monoisotopic (exact) mass is 1550 g/mol. The lowest BCUT2D eigenvalue weighted by molar-refractivity contribution is -0.155. The van der Waals surface area contributed by atoms with Gasteiger partial charge in [-0.3, -0.25) is 33.6 Å². The van der Waals surface area contributed by atoms with E-state index in [1.165, 1.54) is 32.1 Å². The Kier molecular flexibility index (Phi) is 20.5. The van der Waals surface area contributed by atoms with Gasteiger partial charge in [0.15, 0.2) is 0 Å². The summed E-state index contributed by atoms with van der Waals surface area (Å²) in [6.07, 6.45) is 12.9. The van der Waals surface area contributed by atoms with Gasteiger partial charge in [-0.1, -0.05) is 166 Å². The summed E-state index contributed by atoms with van der Waals surface area (Å²) in [5.41, 5.74) is 2.15. The average molecular weight is 1550 g/mol. The maximum atomic E-state index is 11.9. The molecule has 16 heteroatoms. The highest BCUT2D eigenvalue weighted by Gasteiger charge is 2.74. The Morgan fingerprint density at radius 3 is 1.30 bits per heavy atom. The van der Waals surface area contributed by atoms with E-state index >= 15 is 0 Å². The maximum Gasteiger partial charge on any atom is 0.309 e. The molecule has 21 rings (SSSR count). The van der Waals surface area contributed by atoms with Gasteiger partial charge in [0, 0.05) is 72.9 Å². The third kappa shape index (κ3) is 13.1. The van der Waals surface area contributed by atoms with E-state index in [2.05, 4.69) is 180 Å². The lowest BCUT2D eigenvalue weighted by Gasteiger charge is -2.43. The summed E-state index contributed by atoms with van der Waals surface area (Å²) >= 11 is 0. The second-order valence-corrected chi connectivity index (χ2v) is 48.8. The van der Waals surface area contributed by atoms with E-state index in [-0.39, 0.29) is 135 Å². The van der Waals surface area contributed by atoms with Crippen LogP contribution in [0.3, 0.4) is 0 Å². The van der Waals surface area contributed by atoms with Crippen LogP contribution >= 0.6 is 0 Å². The zero-order valence-electron chi connectivity index (χ0n) is 73.5. The largest absolute Gasteiger partial charge is 0.465 e. The topological polar surface area (TPSA) is 203 Å². The van der Waals surface area contributed by atoms with E-state index in [0.29, 0.717) is 166 Å². The zero-order valence-corrected chi connectivity index (χ0v) is 73.5. The van der Waals surface area contributed by atoms with E-state index in [1.807, 2.05) is 0 Å². The first kappa shape index (κ1) is 82.3. The van der Waals surface area contributed by atoms with Crippen LogP contribution in [0.25, 0.3) is 0 Å². The highest BCUT2D eigenvalue weighted by atomic mass is 16.6. The Morgan fingerprint density at radius 1 is 0.360 bits per heavy atom. The summed E-state index contributed by atoms with van der Waals surface area (Å²) in [5.74, 6) is 17.5. The molecule has 21 aliphatic rings. The van der Waals surface area contributed by atoms with E-state index in [4.69, 9.17) is 42.6 Å². The van der Waals surface area contributed by atoms with Crippen molar-refractivity contribution >= 4 is 41.8 Å². The Morgan fingerprint density at radius 2 is 0.802 bits per heavy atom. The van der Waals surface area contributed by atoms with Crippen LogP contribution in [-0.4, -0.2) is 112 Å². The zero-order chi connectivity index (χ0) is 80.9. The third-order valence-electron chi connectivity index (χ3n) is 35.8. The molecular weight excluding hydrogens is 1400 g/mol. The molecule has 624 valence electrons. The van der Waals surface area contributed by atoms with Gasteiger partial charge in [0.05, 0.1) is 80.1 Å². The van der Waals surface area contributed by atoms with Crippen molar-refractivity contribution in [1.82, 2.24) is 0 Å². The third-order valence-corrected chi connectivity index (χ3v) is 35.8. The second kappa shape index (κ2) is 27.6. The van der Waals surface area contributed by atoms with Crippen molar-refractivity contribution in [2.24, 2.45) is 239 Å².